The molecular weight excluding hydrogens is 302 g/mol. The third kappa shape index (κ3) is 3.78. The van der Waals surface area contributed by atoms with Crippen molar-refractivity contribution in [3.05, 3.63) is 70.8 Å². The molecule has 3 heteroatoms. The van der Waals surface area contributed by atoms with Gasteiger partial charge >= 0.3 is 0 Å². The first-order valence-corrected chi connectivity index (χ1v) is 9.23. The zero-order chi connectivity index (χ0) is 16.2. The van der Waals surface area contributed by atoms with Crippen LogP contribution in [-0.2, 0) is 0 Å². The summed E-state index contributed by atoms with van der Waals surface area (Å²) in [6.45, 7) is 5.89. The highest BCUT2D eigenvalue weighted by atomic mass is 32.2. The first-order chi connectivity index (χ1) is 11.1. The maximum Gasteiger partial charge on any atom is 0.253 e. The van der Waals surface area contributed by atoms with Gasteiger partial charge in [-0.3, -0.25) is 4.79 Å². The summed E-state index contributed by atoms with van der Waals surface area (Å²) in [5.74, 6) is 1.16. The Labute approximate surface area is 142 Å². The predicted octanol–water partition coefficient (Wildman–Crippen LogP) is 4.62. The average Bonchev–Trinajstić information content (AvgIpc) is 2.81. The second kappa shape index (κ2) is 7.22. The molecule has 23 heavy (non-hydrogen) atoms. The number of amides is 1. The lowest BCUT2D eigenvalue weighted by Gasteiger charge is -2.21. The molecule has 0 N–H and O–H groups in total. The fourth-order valence-electron chi connectivity index (χ4n) is 3.05. The molecule has 0 aromatic heterocycles. The summed E-state index contributed by atoms with van der Waals surface area (Å²) in [6.07, 6.45) is 1.02. The summed E-state index contributed by atoms with van der Waals surface area (Å²) >= 11 is 1.98. The summed E-state index contributed by atoms with van der Waals surface area (Å²) in [5, 5.41) is 0.493. The van der Waals surface area contributed by atoms with E-state index in [2.05, 4.69) is 31.2 Å². The summed E-state index contributed by atoms with van der Waals surface area (Å²) in [7, 11) is 0. The normalized spacial score (nSPS) is 18.5. The maximum atomic E-state index is 12.7. The zero-order valence-electron chi connectivity index (χ0n) is 13.8. The van der Waals surface area contributed by atoms with Crippen molar-refractivity contribution in [2.24, 2.45) is 0 Å². The molecule has 0 saturated carbocycles. The summed E-state index contributed by atoms with van der Waals surface area (Å²) in [4.78, 5) is 14.7. The van der Waals surface area contributed by atoms with Crippen LogP contribution in [0.1, 0.15) is 38.7 Å². The second-order valence-electron chi connectivity index (χ2n) is 6.16. The van der Waals surface area contributed by atoms with Crippen LogP contribution in [0.25, 0.3) is 0 Å². The summed E-state index contributed by atoms with van der Waals surface area (Å²) in [6, 6.07) is 16.5. The molecule has 0 spiro atoms. The van der Waals surface area contributed by atoms with E-state index in [0.29, 0.717) is 5.25 Å². The standard InChI is InChI=1S/C20H23NOS/c1-15-7-9-17(10-8-15)20(22)21-12-11-19(23-14-13-21)18-6-4-3-5-16(18)2/h3-10,19H,11-14H2,1-2H3. The molecule has 0 aliphatic carbocycles. The highest BCUT2D eigenvalue weighted by Crippen LogP contribution is 2.36. The summed E-state index contributed by atoms with van der Waals surface area (Å²) in [5.41, 5.74) is 4.76. The molecule has 1 unspecified atom stereocenters. The third-order valence-electron chi connectivity index (χ3n) is 4.46. The van der Waals surface area contributed by atoms with E-state index in [0.717, 1.165) is 30.8 Å². The van der Waals surface area contributed by atoms with Crippen LogP contribution in [0.4, 0.5) is 0 Å². The van der Waals surface area contributed by atoms with Crippen LogP contribution >= 0.6 is 11.8 Å². The molecule has 1 aliphatic rings. The zero-order valence-corrected chi connectivity index (χ0v) is 14.6. The van der Waals surface area contributed by atoms with E-state index >= 15 is 0 Å². The molecule has 120 valence electrons. The molecule has 1 saturated heterocycles. The molecule has 1 amide bonds. The van der Waals surface area contributed by atoms with E-state index in [4.69, 9.17) is 0 Å². The van der Waals surface area contributed by atoms with Crippen molar-refractivity contribution in [1.82, 2.24) is 4.90 Å². The number of hydrogen-bond acceptors (Lipinski definition) is 2. The van der Waals surface area contributed by atoms with Crippen molar-refractivity contribution in [3.8, 4) is 0 Å². The smallest absolute Gasteiger partial charge is 0.253 e. The van der Waals surface area contributed by atoms with Gasteiger partial charge in [-0.1, -0.05) is 42.0 Å². The van der Waals surface area contributed by atoms with Gasteiger partial charge in [0.25, 0.3) is 5.91 Å². The Kier molecular flexibility index (Phi) is 5.06. The quantitative estimate of drug-likeness (QED) is 0.803. The highest BCUT2D eigenvalue weighted by Gasteiger charge is 2.23. The Hall–Kier alpha value is -1.74. The van der Waals surface area contributed by atoms with Crippen molar-refractivity contribution in [1.29, 1.82) is 0 Å². The molecule has 2 aromatic rings. The Morgan fingerprint density at radius 3 is 2.52 bits per heavy atom. The van der Waals surface area contributed by atoms with E-state index in [1.54, 1.807) is 0 Å². The van der Waals surface area contributed by atoms with Gasteiger partial charge in [-0.2, -0.15) is 11.8 Å². The summed E-state index contributed by atoms with van der Waals surface area (Å²) < 4.78 is 0. The van der Waals surface area contributed by atoms with Crippen LogP contribution in [0, 0.1) is 13.8 Å². The topological polar surface area (TPSA) is 20.3 Å². The van der Waals surface area contributed by atoms with Gasteiger partial charge in [-0.25, -0.2) is 0 Å². The monoisotopic (exact) mass is 325 g/mol. The van der Waals surface area contributed by atoms with Crippen molar-refractivity contribution >= 4 is 17.7 Å². The fourth-order valence-corrected chi connectivity index (χ4v) is 4.37. The molecule has 0 radical (unpaired) electrons. The Bertz CT molecular complexity index is 680. The van der Waals surface area contributed by atoms with Crippen molar-refractivity contribution in [3.63, 3.8) is 0 Å². The highest BCUT2D eigenvalue weighted by molar-refractivity contribution is 7.99. The molecule has 1 aliphatic heterocycles. The van der Waals surface area contributed by atoms with Crippen LogP contribution in [0.3, 0.4) is 0 Å². The van der Waals surface area contributed by atoms with Crippen molar-refractivity contribution < 1.29 is 4.79 Å². The number of thioether (sulfide) groups is 1. The van der Waals surface area contributed by atoms with Crippen LogP contribution in [0.15, 0.2) is 48.5 Å². The SMILES string of the molecule is Cc1ccc(C(=O)N2CCSC(c3ccccc3C)CC2)cc1. The van der Waals surface area contributed by atoms with Crippen LogP contribution in [-0.4, -0.2) is 29.6 Å². The predicted molar refractivity (Wildman–Crippen MR) is 98.1 cm³/mol. The average molecular weight is 325 g/mol. The molecule has 0 bridgehead atoms. The Morgan fingerprint density at radius 2 is 1.78 bits per heavy atom. The van der Waals surface area contributed by atoms with Gasteiger partial charge in [0.1, 0.15) is 0 Å². The van der Waals surface area contributed by atoms with E-state index in [-0.39, 0.29) is 5.91 Å². The van der Waals surface area contributed by atoms with Crippen LogP contribution in [0.2, 0.25) is 0 Å². The van der Waals surface area contributed by atoms with Gasteiger partial charge in [-0.15, -0.1) is 0 Å². The minimum atomic E-state index is 0.163. The van der Waals surface area contributed by atoms with E-state index in [1.807, 2.05) is 47.9 Å². The molecule has 1 atom stereocenters. The Morgan fingerprint density at radius 1 is 1.04 bits per heavy atom. The van der Waals surface area contributed by atoms with Gasteiger partial charge in [0.2, 0.25) is 0 Å². The van der Waals surface area contributed by atoms with Crippen molar-refractivity contribution in [2.75, 3.05) is 18.8 Å². The number of benzene rings is 2. The number of nitrogens with zero attached hydrogens (tertiary/aromatic N) is 1. The van der Waals surface area contributed by atoms with Crippen LogP contribution < -0.4 is 0 Å². The van der Waals surface area contributed by atoms with Gasteiger partial charge in [0.15, 0.2) is 0 Å². The first kappa shape index (κ1) is 16.1. The van der Waals surface area contributed by atoms with Gasteiger partial charge in [0.05, 0.1) is 0 Å². The number of carbonyl (C=O) groups is 1. The van der Waals surface area contributed by atoms with Gasteiger partial charge in [-0.05, 0) is 43.5 Å². The second-order valence-corrected chi connectivity index (χ2v) is 7.47. The lowest BCUT2D eigenvalue weighted by Crippen LogP contribution is -2.32. The van der Waals surface area contributed by atoms with Gasteiger partial charge < -0.3 is 4.90 Å². The minimum Gasteiger partial charge on any atom is -0.338 e. The number of carbonyl (C=O) groups excluding carboxylic acids is 1. The number of hydrogen-bond donors (Lipinski definition) is 0. The van der Waals surface area contributed by atoms with Crippen molar-refractivity contribution in [2.45, 2.75) is 25.5 Å². The number of rotatable bonds is 2. The van der Waals surface area contributed by atoms with E-state index in [1.165, 1.54) is 16.7 Å². The largest absolute Gasteiger partial charge is 0.338 e. The third-order valence-corrected chi connectivity index (χ3v) is 5.77. The minimum absolute atomic E-state index is 0.163. The number of aryl methyl sites for hydroxylation is 2. The lowest BCUT2D eigenvalue weighted by atomic mass is 10.0. The first-order valence-electron chi connectivity index (χ1n) is 8.18. The molecule has 1 heterocycles. The lowest BCUT2D eigenvalue weighted by molar-refractivity contribution is 0.0766. The van der Waals surface area contributed by atoms with E-state index < -0.39 is 0 Å². The molecule has 3 rings (SSSR count). The Balaban J connectivity index is 1.70. The molecule has 2 aromatic carbocycles. The van der Waals surface area contributed by atoms with Gasteiger partial charge in [0, 0.05) is 29.7 Å². The maximum absolute atomic E-state index is 12.7. The molecular formula is C20H23NOS. The van der Waals surface area contributed by atoms with Crippen LogP contribution in [0.5, 0.6) is 0 Å². The van der Waals surface area contributed by atoms with E-state index in [9.17, 15) is 4.79 Å². The molecule has 2 nitrogen and oxygen atoms in total. The molecule has 1 fully saturated rings. The fraction of sp³-hybridized carbons (Fsp3) is 0.350.